The van der Waals surface area contributed by atoms with E-state index in [0.29, 0.717) is 5.16 Å². The third-order valence-electron chi connectivity index (χ3n) is 4.49. The van der Waals surface area contributed by atoms with Crippen molar-refractivity contribution in [1.82, 2.24) is 20.1 Å². The van der Waals surface area contributed by atoms with Crippen molar-refractivity contribution in [3.63, 3.8) is 0 Å². The molecule has 1 fully saturated rings. The number of amides is 1. The third-order valence-corrected chi connectivity index (χ3v) is 5.43. The summed E-state index contributed by atoms with van der Waals surface area (Å²) in [6.45, 7) is 5.89. The maximum absolute atomic E-state index is 12.3. The van der Waals surface area contributed by atoms with Crippen LogP contribution in [0.4, 0.5) is 0 Å². The Bertz CT molecular complexity index is 836. The summed E-state index contributed by atoms with van der Waals surface area (Å²) in [5.41, 5.74) is 2.55. The van der Waals surface area contributed by atoms with E-state index in [1.165, 1.54) is 17.3 Å². The lowest BCUT2D eigenvalue weighted by atomic mass is 9.98. The van der Waals surface area contributed by atoms with Gasteiger partial charge in [0.2, 0.25) is 5.91 Å². The predicted molar refractivity (Wildman–Crippen MR) is 96.4 cm³/mol. The fourth-order valence-corrected chi connectivity index (χ4v) is 3.62. The molecule has 1 heterocycles. The highest BCUT2D eigenvalue weighted by atomic mass is 32.2. The molecule has 6 nitrogen and oxygen atoms in total. The van der Waals surface area contributed by atoms with E-state index in [9.17, 15) is 10.1 Å². The fourth-order valence-electron chi connectivity index (χ4n) is 2.90. The molecule has 0 bridgehead atoms. The van der Waals surface area contributed by atoms with Crippen molar-refractivity contribution in [1.29, 1.82) is 5.26 Å². The molecule has 1 saturated carbocycles. The number of nitriles is 1. The van der Waals surface area contributed by atoms with Gasteiger partial charge in [0.25, 0.3) is 0 Å². The second kappa shape index (κ2) is 6.89. The number of carbonyl (C=O) groups excluding carboxylic acids is 1. The number of hydrogen-bond acceptors (Lipinski definition) is 5. The van der Waals surface area contributed by atoms with Gasteiger partial charge < -0.3 is 5.32 Å². The number of benzene rings is 1. The van der Waals surface area contributed by atoms with Gasteiger partial charge in [0.15, 0.2) is 5.16 Å². The maximum atomic E-state index is 12.3. The Labute approximate surface area is 151 Å². The first kappa shape index (κ1) is 17.5. The topological polar surface area (TPSA) is 83.6 Å². The molecule has 0 aliphatic heterocycles. The Hall–Kier alpha value is -2.33. The van der Waals surface area contributed by atoms with Crippen molar-refractivity contribution in [2.45, 2.75) is 44.3 Å². The van der Waals surface area contributed by atoms with Gasteiger partial charge in [-0.05, 0) is 51.2 Å². The van der Waals surface area contributed by atoms with Gasteiger partial charge in [-0.2, -0.15) is 5.26 Å². The van der Waals surface area contributed by atoms with E-state index < -0.39 is 5.54 Å². The van der Waals surface area contributed by atoms with Crippen LogP contribution in [0.1, 0.15) is 30.9 Å². The zero-order chi connectivity index (χ0) is 18.0. The van der Waals surface area contributed by atoms with E-state index in [4.69, 9.17) is 0 Å². The van der Waals surface area contributed by atoms with Gasteiger partial charge >= 0.3 is 0 Å². The molecule has 1 atom stereocenters. The number of aryl methyl sites for hydroxylation is 2. The van der Waals surface area contributed by atoms with Gasteiger partial charge in [-0.3, -0.25) is 9.36 Å². The molecule has 3 rings (SSSR count). The third kappa shape index (κ3) is 3.85. The summed E-state index contributed by atoms with van der Waals surface area (Å²) >= 11 is 1.32. The average molecular weight is 355 g/mol. The molecule has 1 N–H and O–H groups in total. The Kier molecular flexibility index (Phi) is 4.82. The van der Waals surface area contributed by atoms with Crippen LogP contribution < -0.4 is 5.32 Å². The quantitative estimate of drug-likeness (QED) is 0.806. The molecular formula is C18H21N5OS. The fraction of sp³-hybridized carbons (Fsp3) is 0.444. The number of nitrogens with zero attached hydrogens (tertiary/aromatic N) is 4. The SMILES string of the molecule is Cc1ccc(-n2cnnc2SCC(=O)NC(C)(C#N)C2CC2)c(C)c1. The minimum absolute atomic E-state index is 0.156. The van der Waals surface area contributed by atoms with E-state index in [1.807, 2.05) is 23.6 Å². The molecular weight excluding hydrogens is 334 g/mol. The van der Waals surface area contributed by atoms with Crippen LogP contribution >= 0.6 is 11.8 Å². The minimum atomic E-state index is -0.765. The van der Waals surface area contributed by atoms with E-state index in [2.05, 4.69) is 34.6 Å². The molecule has 1 amide bonds. The highest BCUT2D eigenvalue weighted by Gasteiger charge is 2.42. The van der Waals surface area contributed by atoms with Crippen molar-refractivity contribution in [3.8, 4) is 11.8 Å². The summed E-state index contributed by atoms with van der Waals surface area (Å²) in [6.07, 6.45) is 3.65. The van der Waals surface area contributed by atoms with Crippen molar-refractivity contribution in [2.24, 2.45) is 5.92 Å². The predicted octanol–water partition coefficient (Wildman–Crippen LogP) is 2.78. The first-order valence-corrected chi connectivity index (χ1v) is 9.24. The number of nitrogens with one attached hydrogen (secondary N) is 1. The van der Waals surface area contributed by atoms with Crippen LogP contribution in [-0.4, -0.2) is 32.0 Å². The Morgan fingerprint density at radius 3 is 2.88 bits per heavy atom. The van der Waals surface area contributed by atoms with Crippen LogP contribution in [-0.2, 0) is 4.79 Å². The molecule has 0 spiro atoms. The van der Waals surface area contributed by atoms with Crippen LogP contribution in [0.15, 0.2) is 29.7 Å². The lowest BCUT2D eigenvalue weighted by Gasteiger charge is -2.22. The van der Waals surface area contributed by atoms with Crippen LogP contribution in [0.3, 0.4) is 0 Å². The van der Waals surface area contributed by atoms with Crippen LogP contribution in [0.5, 0.6) is 0 Å². The molecule has 130 valence electrons. The molecule has 1 aromatic heterocycles. The van der Waals surface area contributed by atoms with E-state index in [1.54, 1.807) is 13.3 Å². The summed E-state index contributed by atoms with van der Waals surface area (Å²) in [7, 11) is 0. The lowest BCUT2D eigenvalue weighted by molar-refractivity contribution is -0.119. The molecule has 1 unspecified atom stereocenters. The van der Waals surface area contributed by atoms with Gasteiger partial charge in [-0.15, -0.1) is 10.2 Å². The second-order valence-corrected chi connectivity index (χ2v) is 7.64. The summed E-state index contributed by atoms with van der Waals surface area (Å²) in [6, 6.07) is 8.41. The van der Waals surface area contributed by atoms with Crippen LogP contribution in [0.25, 0.3) is 5.69 Å². The second-order valence-electron chi connectivity index (χ2n) is 6.70. The summed E-state index contributed by atoms with van der Waals surface area (Å²) < 4.78 is 1.89. The van der Waals surface area contributed by atoms with Crippen LogP contribution in [0.2, 0.25) is 0 Å². The van der Waals surface area contributed by atoms with Crippen molar-refractivity contribution in [3.05, 3.63) is 35.7 Å². The molecule has 1 aliphatic carbocycles. The van der Waals surface area contributed by atoms with E-state index in [-0.39, 0.29) is 17.6 Å². The monoisotopic (exact) mass is 355 g/mol. The van der Waals surface area contributed by atoms with E-state index >= 15 is 0 Å². The normalized spacial score (nSPS) is 16.1. The van der Waals surface area contributed by atoms with Gasteiger partial charge in [-0.1, -0.05) is 29.5 Å². The molecule has 2 aromatic rings. The summed E-state index contributed by atoms with van der Waals surface area (Å²) in [5.74, 6) is 0.314. The highest BCUT2D eigenvalue weighted by molar-refractivity contribution is 7.99. The number of rotatable bonds is 6. The molecule has 7 heteroatoms. The van der Waals surface area contributed by atoms with Gasteiger partial charge in [0, 0.05) is 0 Å². The van der Waals surface area contributed by atoms with Crippen molar-refractivity contribution in [2.75, 3.05) is 5.75 Å². The number of thioether (sulfide) groups is 1. The number of carbonyl (C=O) groups is 1. The lowest BCUT2D eigenvalue weighted by Crippen LogP contribution is -2.47. The highest BCUT2D eigenvalue weighted by Crippen LogP contribution is 2.39. The molecule has 1 aliphatic rings. The largest absolute Gasteiger partial charge is 0.337 e. The smallest absolute Gasteiger partial charge is 0.231 e. The van der Waals surface area contributed by atoms with Crippen molar-refractivity contribution >= 4 is 17.7 Å². The minimum Gasteiger partial charge on any atom is -0.337 e. The number of hydrogen-bond donors (Lipinski definition) is 1. The van der Waals surface area contributed by atoms with Crippen molar-refractivity contribution < 1.29 is 4.79 Å². The molecule has 0 radical (unpaired) electrons. The Morgan fingerprint density at radius 1 is 1.48 bits per heavy atom. The molecule has 1 aromatic carbocycles. The van der Waals surface area contributed by atoms with Gasteiger partial charge in [0.05, 0.1) is 17.5 Å². The summed E-state index contributed by atoms with van der Waals surface area (Å²) in [5, 5.41) is 21.0. The maximum Gasteiger partial charge on any atom is 0.231 e. The average Bonchev–Trinajstić information content (AvgIpc) is 3.33. The standard InChI is InChI=1S/C18H21N5OS/c1-12-4-7-15(13(2)8-12)23-11-20-22-17(23)25-9-16(24)21-18(3,10-19)14-5-6-14/h4,7-8,11,14H,5-6,9H2,1-3H3,(H,21,24). The Balaban J connectivity index is 1.68. The number of aromatic nitrogens is 3. The Morgan fingerprint density at radius 2 is 2.24 bits per heavy atom. The van der Waals surface area contributed by atoms with Gasteiger partial charge in [0.1, 0.15) is 11.9 Å². The first-order chi connectivity index (χ1) is 11.9. The first-order valence-electron chi connectivity index (χ1n) is 8.25. The van der Waals surface area contributed by atoms with Gasteiger partial charge in [-0.25, -0.2) is 0 Å². The summed E-state index contributed by atoms with van der Waals surface area (Å²) in [4.78, 5) is 12.3. The molecule has 25 heavy (non-hydrogen) atoms. The zero-order valence-corrected chi connectivity index (χ0v) is 15.4. The molecule has 0 saturated heterocycles. The van der Waals surface area contributed by atoms with Crippen LogP contribution in [0, 0.1) is 31.1 Å². The van der Waals surface area contributed by atoms with E-state index in [0.717, 1.165) is 24.1 Å². The zero-order valence-electron chi connectivity index (χ0n) is 14.6.